The Hall–Kier alpha value is -0.670. The molecule has 1 saturated heterocycles. The van der Waals surface area contributed by atoms with E-state index in [9.17, 15) is 13.2 Å². The van der Waals surface area contributed by atoms with Crippen molar-refractivity contribution in [3.05, 3.63) is 27.7 Å². The normalized spacial score (nSPS) is 18.1. The number of nitrogens with one attached hydrogen (secondary N) is 1. The molecule has 0 aliphatic carbocycles. The summed E-state index contributed by atoms with van der Waals surface area (Å²) in [5.41, 5.74) is 0. The summed E-state index contributed by atoms with van der Waals surface area (Å²) in [6.07, 6.45) is 0.887. The molecule has 140 valence electrons. The van der Waals surface area contributed by atoms with Crippen molar-refractivity contribution in [3.8, 4) is 0 Å². The smallest absolute Gasteiger partial charge is 0.244 e. The third-order valence-corrected chi connectivity index (χ3v) is 7.14. The topological polar surface area (TPSA) is 69.7 Å². The zero-order valence-corrected chi connectivity index (χ0v) is 17.5. The fourth-order valence-corrected chi connectivity index (χ4v) is 5.15. The van der Waals surface area contributed by atoms with Crippen LogP contribution in [-0.2, 0) is 14.8 Å². The maximum Gasteiger partial charge on any atom is 0.244 e. The minimum absolute atomic E-state index is 0.0193. The van der Waals surface area contributed by atoms with E-state index in [1.165, 1.54) is 10.4 Å². The summed E-state index contributed by atoms with van der Waals surface area (Å²) in [5.74, 6) is -0.0193. The highest BCUT2D eigenvalue weighted by atomic mass is 79.9. The summed E-state index contributed by atoms with van der Waals surface area (Å²) >= 11 is 9.38. The second-order valence-corrected chi connectivity index (χ2v) is 9.21. The van der Waals surface area contributed by atoms with Gasteiger partial charge >= 0.3 is 0 Å². The largest absolute Gasteiger partial charge is 0.355 e. The number of sulfonamides is 1. The van der Waals surface area contributed by atoms with E-state index in [4.69, 9.17) is 11.6 Å². The third kappa shape index (κ3) is 4.95. The van der Waals surface area contributed by atoms with Gasteiger partial charge < -0.3 is 5.32 Å². The van der Waals surface area contributed by atoms with Crippen molar-refractivity contribution in [2.75, 3.05) is 32.7 Å². The van der Waals surface area contributed by atoms with Crippen LogP contribution in [-0.4, -0.2) is 62.3 Å². The second kappa shape index (κ2) is 8.81. The first-order valence-corrected chi connectivity index (χ1v) is 10.9. The Bertz CT molecular complexity index is 721. The van der Waals surface area contributed by atoms with Crippen LogP contribution in [0, 0.1) is 0 Å². The molecule has 1 amide bonds. The quantitative estimate of drug-likeness (QED) is 0.719. The van der Waals surface area contributed by atoms with Crippen molar-refractivity contribution < 1.29 is 13.2 Å². The number of hydrogen-bond acceptors (Lipinski definition) is 4. The van der Waals surface area contributed by atoms with Gasteiger partial charge in [-0.05, 0) is 31.5 Å². The Morgan fingerprint density at radius 2 is 1.96 bits per heavy atom. The van der Waals surface area contributed by atoms with Gasteiger partial charge in [0.1, 0.15) is 4.90 Å². The van der Waals surface area contributed by atoms with Gasteiger partial charge in [0.15, 0.2) is 0 Å². The van der Waals surface area contributed by atoms with Crippen molar-refractivity contribution in [3.63, 3.8) is 0 Å². The Morgan fingerprint density at radius 1 is 1.32 bits per heavy atom. The standard InChI is InChI=1S/C16H23BrClN3O3S/c1-3-6-19-16(22)12(2)20-7-9-21(10-8-20)25(23,24)15-5-4-13(17)11-14(15)18/h4-5,11-12H,3,6-10H2,1-2H3,(H,19,22). The first-order chi connectivity index (χ1) is 11.8. The predicted molar refractivity (Wildman–Crippen MR) is 102 cm³/mol. The fourth-order valence-electron chi connectivity index (χ4n) is 2.72. The molecule has 1 atom stereocenters. The Balaban J connectivity index is 2.02. The molecule has 1 aromatic carbocycles. The lowest BCUT2D eigenvalue weighted by Crippen LogP contribution is -2.54. The Kier molecular flexibility index (Phi) is 7.28. The highest BCUT2D eigenvalue weighted by Gasteiger charge is 2.32. The van der Waals surface area contributed by atoms with Gasteiger partial charge in [0.2, 0.25) is 15.9 Å². The average molecular weight is 453 g/mol. The van der Waals surface area contributed by atoms with Gasteiger partial charge in [-0.25, -0.2) is 8.42 Å². The molecule has 1 aliphatic heterocycles. The lowest BCUT2D eigenvalue weighted by molar-refractivity contribution is -0.126. The van der Waals surface area contributed by atoms with Crippen molar-refractivity contribution in [1.82, 2.24) is 14.5 Å². The highest BCUT2D eigenvalue weighted by Crippen LogP contribution is 2.28. The minimum Gasteiger partial charge on any atom is -0.355 e. The molecule has 0 aromatic heterocycles. The number of halogens is 2. The summed E-state index contributed by atoms with van der Waals surface area (Å²) in [7, 11) is -3.64. The summed E-state index contributed by atoms with van der Waals surface area (Å²) in [4.78, 5) is 14.2. The van der Waals surface area contributed by atoms with Gasteiger partial charge in [0, 0.05) is 37.2 Å². The van der Waals surface area contributed by atoms with Crippen LogP contribution in [0.4, 0.5) is 0 Å². The molecule has 0 bridgehead atoms. The van der Waals surface area contributed by atoms with E-state index in [2.05, 4.69) is 21.2 Å². The van der Waals surface area contributed by atoms with Crippen molar-refractivity contribution in [1.29, 1.82) is 0 Å². The molecule has 1 N–H and O–H groups in total. The number of rotatable bonds is 6. The van der Waals surface area contributed by atoms with Crippen LogP contribution >= 0.6 is 27.5 Å². The Labute approximate surface area is 162 Å². The zero-order valence-electron chi connectivity index (χ0n) is 14.3. The molecule has 2 rings (SSSR count). The van der Waals surface area contributed by atoms with E-state index in [1.54, 1.807) is 12.1 Å². The van der Waals surface area contributed by atoms with E-state index in [0.29, 0.717) is 32.7 Å². The van der Waals surface area contributed by atoms with Crippen molar-refractivity contribution >= 4 is 43.5 Å². The number of amides is 1. The average Bonchev–Trinajstić information content (AvgIpc) is 2.58. The van der Waals surface area contributed by atoms with E-state index in [-0.39, 0.29) is 21.9 Å². The van der Waals surface area contributed by atoms with Crippen LogP contribution in [0.5, 0.6) is 0 Å². The summed E-state index contributed by atoms with van der Waals surface area (Å²) in [6, 6.07) is 4.47. The molecular weight excluding hydrogens is 430 g/mol. The number of piperazine rings is 1. The number of carbonyl (C=O) groups excluding carboxylic acids is 1. The molecule has 1 aromatic rings. The molecule has 25 heavy (non-hydrogen) atoms. The first-order valence-electron chi connectivity index (χ1n) is 8.24. The summed E-state index contributed by atoms with van der Waals surface area (Å²) in [5, 5.41) is 3.07. The number of benzene rings is 1. The van der Waals surface area contributed by atoms with Gasteiger partial charge in [-0.15, -0.1) is 0 Å². The van der Waals surface area contributed by atoms with Crippen LogP contribution in [0.2, 0.25) is 5.02 Å². The van der Waals surface area contributed by atoms with E-state index >= 15 is 0 Å². The number of hydrogen-bond donors (Lipinski definition) is 1. The van der Waals surface area contributed by atoms with Crippen LogP contribution in [0.1, 0.15) is 20.3 Å². The van der Waals surface area contributed by atoms with Gasteiger partial charge in [0.25, 0.3) is 0 Å². The molecular formula is C16H23BrClN3O3S. The van der Waals surface area contributed by atoms with Crippen LogP contribution in [0.3, 0.4) is 0 Å². The summed E-state index contributed by atoms with van der Waals surface area (Å²) in [6.45, 7) is 6.19. The van der Waals surface area contributed by atoms with Gasteiger partial charge in [0.05, 0.1) is 11.1 Å². The van der Waals surface area contributed by atoms with Crippen LogP contribution in [0.15, 0.2) is 27.6 Å². The summed E-state index contributed by atoms with van der Waals surface area (Å²) < 4.78 is 27.8. The molecule has 1 aliphatic rings. The maximum atomic E-state index is 12.8. The molecule has 0 spiro atoms. The van der Waals surface area contributed by atoms with Gasteiger partial charge in [-0.3, -0.25) is 9.69 Å². The molecule has 1 unspecified atom stereocenters. The lowest BCUT2D eigenvalue weighted by atomic mass is 10.2. The molecule has 9 heteroatoms. The fraction of sp³-hybridized carbons (Fsp3) is 0.562. The molecule has 6 nitrogen and oxygen atoms in total. The number of nitrogens with zero attached hydrogens (tertiary/aromatic N) is 2. The molecule has 0 radical (unpaired) electrons. The van der Waals surface area contributed by atoms with Crippen molar-refractivity contribution in [2.24, 2.45) is 0 Å². The monoisotopic (exact) mass is 451 g/mol. The van der Waals surface area contributed by atoms with Crippen molar-refractivity contribution in [2.45, 2.75) is 31.2 Å². The van der Waals surface area contributed by atoms with Gasteiger partial charge in [-0.1, -0.05) is 34.5 Å². The molecule has 0 saturated carbocycles. The lowest BCUT2D eigenvalue weighted by Gasteiger charge is -2.36. The highest BCUT2D eigenvalue weighted by molar-refractivity contribution is 9.10. The number of carbonyl (C=O) groups is 1. The predicted octanol–water partition coefficient (Wildman–Crippen LogP) is 2.32. The van der Waals surface area contributed by atoms with E-state index < -0.39 is 10.0 Å². The Morgan fingerprint density at radius 3 is 2.52 bits per heavy atom. The second-order valence-electron chi connectivity index (χ2n) is 5.98. The first kappa shape index (κ1) is 20.6. The maximum absolute atomic E-state index is 12.8. The SMILES string of the molecule is CCCNC(=O)C(C)N1CCN(S(=O)(=O)c2ccc(Br)cc2Cl)CC1. The van der Waals surface area contributed by atoms with E-state index in [1.807, 2.05) is 18.7 Å². The van der Waals surface area contributed by atoms with Gasteiger partial charge in [-0.2, -0.15) is 4.31 Å². The zero-order chi connectivity index (χ0) is 18.6. The van der Waals surface area contributed by atoms with Crippen LogP contribution < -0.4 is 5.32 Å². The molecule has 1 fully saturated rings. The third-order valence-electron chi connectivity index (χ3n) is 4.26. The van der Waals surface area contributed by atoms with Crippen LogP contribution in [0.25, 0.3) is 0 Å². The molecule has 1 heterocycles. The van der Waals surface area contributed by atoms with E-state index in [0.717, 1.165) is 10.9 Å². The minimum atomic E-state index is -3.64.